The molecule has 1 aromatic heterocycles. The van der Waals surface area contributed by atoms with Crippen LogP contribution in [0, 0.1) is 12.7 Å². The van der Waals surface area contributed by atoms with E-state index < -0.39 is 0 Å². The fraction of sp³-hybridized carbons (Fsp3) is 0.0625. The number of nitrogens with one attached hydrogen (secondary N) is 2. The molecule has 6 heteroatoms. The van der Waals surface area contributed by atoms with Crippen LogP contribution in [0.2, 0.25) is 0 Å². The summed E-state index contributed by atoms with van der Waals surface area (Å²) < 4.78 is 13.6. The van der Waals surface area contributed by atoms with E-state index in [2.05, 4.69) is 25.8 Å². The van der Waals surface area contributed by atoms with Crippen LogP contribution in [0.4, 0.5) is 27.5 Å². The van der Waals surface area contributed by atoms with E-state index >= 15 is 0 Å². The number of aromatic nitrogens is 3. The lowest BCUT2D eigenvalue weighted by molar-refractivity contribution is 0.631. The summed E-state index contributed by atoms with van der Waals surface area (Å²) in [5, 5.41) is 13.6. The lowest BCUT2D eigenvalue weighted by Gasteiger charge is -2.08. The molecule has 0 saturated carbocycles. The van der Waals surface area contributed by atoms with E-state index in [1.54, 1.807) is 18.2 Å². The Hall–Kier alpha value is -3.02. The van der Waals surface area contributed by atoms with Crippen molar-refractivity contribution in [2.24, 2.45) is 0 Å². The van der Waals surface area contributed by atoms with Crippen molar-refractivity contribution in [3.05, 3.63) is 66.1 Å². The van der Waals surface area contributed by atoms with Crippen molar-refractivity contribution in [2.75, 3.05) is 10.6 Å². The van der Waals surface area contributed by atoms with Gasteiger partial charge in [0.05, 0.1) is 11.9 Å². The van der Waals surface area contributed by atoms with E-state index in [4.69, 9.17) is 0 Å². The summed E-state index contributed by atoms with van der Waals surface area (Å²) in [6, 6.07) is 14.2. The summed E-state index contributed by atoms with van der Waals surface area (Å²) in [7, 11) is 0. The average Bonchev–Trinajstić information content (AvgIpc) is 2.52. The number of hydrogen-bond donors (Lipinski definition) is 2. The molecule has 22 heavy (non-hydrogen) atoms. The molecule has 0 fully saturated rings. The fourth-order valence-corrected chi connectivity index (χ4v) is 1.88. The first-order valence-electron chi connectivity index (χ1n) is 6.76. The van der Waals surface area contributed by atoms with Gasteiger partial charge in [0.2, 0.25) is 5.95 Å². The van der Waals surface area contributed by atoms with E-state index in [-0.39, 0.29) is 11.8 Å². The van der Waals surface area contributed by atoms with E-state index in [1.807, 2.05) is 31.2 Å². The molecule has 0 aliphatic carbocycles. The number of para-hydroxylation sites is 1. The zero-order valence-electron chi connectivity index (χ0n) is 11.9. The highest BCUT2D eigenvalue weighted by Gasteiger charge is 2.05. The minimum absolute atomic E-state index is 0.224. The molecular formula is C16H14FN5. The minimum atomic E-state index is -0.372. The molecule has 2 aromatic carbocycles. The molecule has 0 aliphatic rings. The van der Waals surface area contributed by atoms with Crippen molar-refractivity contribution >= 4 is 23.1 Å². The third-order valence-electron chi connectivity index (χ3n) is 3.00. The van der Waals surface area contributed by atoms with Crippen LogP contribution < -0.4 is 10.6 Å². The predicted octanol–water partition coefficient (Wildman–Crippen LogP) is 3.81. The van der Waals surface area contributed by atoms with Gasteiger partial charge in [-0.2, -0.15) is 10.1 Å². The molecule has 1 heterocycles. The van der Waals surface area contributed by atoms with Crippen molar-refractivity contribution in [1.82, 2.24) is 15.2 Å². The van der Waals surface area contributed by atoms with Gasteiger partial charge in [-0.25, -0.2) is 4.39 Å². The Morgan fingerprint density at radius 1 is 0.955 bits per heavy atom. The maximum atomic E-state index is 13.6. The molecule has 0 spiro atoms. The molecule has 0 aliphatic heterocycles. The van der Waals surface area contributed by atoms with Gasteiger partial charge in [0, 0.05) is 5.69 Å². The molecule has 0 atom stereocenters. The zero-order valence-corrected chi connectivity index (χ0v) is 11.9. The molecule has 0 bridgehead atoms. The largest absolute Gasteiger partial charge is 0.339 e. The van der Waals surface area contributed by atoms with Crippen LogP contribution in [0.5, 0.6) is 0 Å². The minimum Gasteiger partial charge on any atom is -0.339 e. The van der Waals surface area contributed by atoms with Crippen LogP contribution in [0.15, 0.2) is 54.7 Å². The molecule has 3 rings (SSSR count). The summed E-state index contributed by atoms with van der Waals surface area (Å²) in [6.45, 7) is 2.02. The zero-order chi connectivity index (χ0) is 15.4. The molecule has 3 aromatic rings. The van der Waals surface area contributed by atoms with Crippen LogP contribution >= 0.6 is 0 Å². The average molecular weight is 295 g/mol. The van der Waals surface area contributed by atoms with Gasteiger partial charge in [-0.1, -0.05) is 29.8 Å². The van der Waals surface area contributed by atoms with Gasteiger partial charge in [-0.3, -0.25) is 0 Å². The van der Waals surface area contributed by atoms with Gasteiger partial charge in [0.25, 0.3) is 0 Å². The molecule has 5 nitrogen and oxygen atoms in total. The SMILES string of the molecule is Cc1ccc(Nc2cnnc(Nc3ccccc3F)n2)cc1. The van der Waals surface area contributed by atoms with Crippen LogP contribution in [0.3, 0.4) is 0 Å². The summed E-state index contributed by atoms with van der Waals surface area (Å²) in [4.78, 5) is 4.26. The molecule has 2 N–H and O–H groups in total. The van der Waals surface area contributed by atoms with E-state index in [1.165, 1.54) is 17.8 Å². The summed E-state index contributed by atoms with van der Waals surface area (Å²) in [5.41, 5.74) is 2.37. The molecule has 0 radical (unpaired) electrons. The normalized spacial score (nSPS) is 10.3. The molecule has 110 valence electrons. The van der Waals surface area contributed by atoms with Crippen LogP contribution in [-0.4, -0.2) is 15.2 Å². The second kappa shape index (κ2) is 6.17. The first kappa shape index (κ1) is 13.9. The van der Waals surface area contributed by atoms with Gasteiger partial charge < -0.3 is 10.6 Å². The molecule has 0 amide bonds. The Balaban J connectivity index is 1.78. The quantitative estimate of drug-likeness (QED) is 0.766. The number of rotatable bonds is 4. The maximum Gasteiger partial charge on any atom is 0.249 e. The van der Waals surface area contributed by atoms with Crippen molar-refractivity contribution < 1.29 is 4.39 Å². The topological polar surface area (TPSA) is 62.7 Å². The van der Waals surface area contributed by atoms with Crippen molar-refractivity contribution in [3.63, 3.8) is 0 Å². The predicted molar refractivity (Wildman–Crippen MR) is 84.0 cm³/mol. The Labute approximate surface area is 127 Å². The van der Waals surface area contributed by atoms with Gasteiger partial charge in [0.1, 0.15) is 5.82 Å². The number of halogens is 1. The summed E-state index contributed by atoms with van der Waals surface area (Å²) in [6.07, 6.45) is 1.51. The first-order chi connectivity index (χ1) is 10.7. The standard InChI is InChI=1S/C16H14FN5/c1-11-6-8-12(9-7-11)19-15-10-18-22-16(21-15)20-14-5-3-2-4-13(14)17/h2-10H,1H3,(H2,19,20,21,22). The highest BCUT2D eigenvalue weighted by molar-refractivity contribution is 5.59. The Kier molecular flexibility index (Phi) is 3.91. The van der Waals surface area contributed by atoms with E-state index in [0.717, 1.165) is 5.69 Å². The Morgan fingerprint density at radius 2 is 1.73 bits per heavy atom. The number of hydrogen-bond acceptors (Lipinski definition) is 5. The maximum absolute atomic E-state index is 13.6. The molecule has 0 saturated heterocycles. The fourth-order valence-electron chi connectivity index (χ4n) is 1.88. The number of benzene rings is 2. The molecule has 0 unspecified atom stereocenters. The van der Waals surface area contributed by atoms with Gasteiger partial charge in [0.15, 0.2) is 5.82 Å². The highest BCUT2D eigenvalue weighted by atomic mass is 19.1. The highest BCUT2D eigenvalue weighted by Crippen LogP contribution is 2.18. The third kappa shape index (κ3) is 3.35. The van der Waals surface area contributed by atoms with Crippen LogP contribution in [-0.2, 0) is 0 Å². The summed E-state index contributed by atoms with van der Waals surface area (Å²) >= 11 is 0. The Morgan fingerprint density at radius 3 is 2.50 bits per heavy atom. The molecular weight excluding hydrogens is 281 g/mol. The second-order valence-electron chi connectivity index (χ2n) is 4.76. The van der Waals surface area contributed by atoms with Crippen LogP contribution in [0.1, 0.15) is 5.56 Å². The van der Waals surface area contributed by atoms with Gasteiger partial charge in [-0.15, -0.1) is 5.10 Å². The number of aryl methyl sites for hydroxylation is 1. The van der Waals surface area contributed by atoms with Crippen molar-refractivity contribution in [2.45, 2.75) is 6.92 Å². The number of anilines is 4. The van der Waals surface area contributed by atoms with E-state index in [9.17, 15) is 4.39 Å². The van der Waals surface area contributed by atoms with E-state index in [0.29, 0.717) is 11.5 Å². The number of nitrogens with zero attached hydrogens (tertiary/aromatic N) is 3. The Bertz CT molecular complexity index is 773. The lowest BCUT2D eigenvalue weighted by atomic mass is 10.2. The lowest BCUT2D eigenvalue weighted by Crippen LogP contribution is -2.03. The van der Waals surface area contributed by atoms with Crippen molar-refractivity contribution in [1.29, 1.82) is 0 Å². The van der Waals surface area contributed by atoms with Gasteiger partial charge >= 0.3 is 0 Å². The van der Waals surface area contributed by atoms with Crippen molar-refractivity contribution in [3.8, 4) is 0 Å². The second-order valence-corrected chi connectivity index (χ2v) is 4.76. The third-order valence-corrected chi connectivity index (χ3v) is 3.00. The first-order valence-corrected chi connectivity index (χ1v) is 6.76. The monoisotopic (exact) mass is 295 g/mol. The van der Waals surface area contributed by atoms with Crippen LogP contribution in [0.25, 0.3) is 0 Å². The smallest absolute Gasteiger partial charge is 0.249 e. The summed E-state index contributed by atoms with van der Waals surface area (Å²) in [5.74, 6) is 0.378. The van der Waals surface area contributed by atoms with Gasteiger partial charge in [-0.05, 0) is 31.2 Å².